The number of nitro benzene ring substituents is 1. The number of hydrogen-bond donors (Lipinski definition) is 1. The van der Waals surface area contributed by atoms with Crippen LogP contribution in [-0.4, -0.2) is 36.0 Å². The van der Waals surface area contributed by atoms with Crippen LogP contribution in [0.3, 0.4) is 0 Å². The first kappa shape index (κ1) is 18.2. The molecule has 1 fully saturated rings. The molecular formula is C14H21Cl2N3O2. The number of benzene rings is 1. The maximum atomic E-state index is 11.1. The normalized spacial score (nSPS) is 18.9. The molecule has 0 saturated carbocycles. The summed E-state index contributed by atoms with van der Waals surface area (Å²) in [4.78, 5) is 12.9. The van der Waals surface area contributed by atoms with Crippen LogP contribution in [0.4, 0.5) is 5.69 Å². The molecule has 1 aromatic rings. The molecule has 1 aromatic carbocycles. The fraction of sp³-hybridized carbons (Fsp3) is 0.571. The second-order valence-corrected chi connectivity index (χ2v) is 5.72. The zero-order valence-corrected chi connectivity index (χ0v) is 13.6. The van der Waals surface area contributed by atoms with E-state index in [1.807, 2.05) is 7.05 Å². The molecular weight excluding hydrogens is 313 g/mol. The first-order chi connectivity index (χ1) is 9.58. The molecule has 1 saturated heterocycles. The van der Waals surface area contributed by atoms with Crippen molar-refractivity contribution in [3.63, 3.8) is 0 Å². The van der Waals surface area contributed by atoms with Crippen LogP contribution < -0.4 is 5.32 Å². The van der Waals surface area contributed by atoms with Crippen molar-refractivity contribution < 1.29 is 4.92 Å². The minimum Gasteiger partial charge on any atom is -0.317 e. The SMILES string of the molecule is CN(Cc1cc(Cl)ccc1[N+](=O)[O-])C1CCCNCC1.Cl. The Morgan fingerprint density at radius 1 is 1.43 bits per heavy atom. The van der Waals surface area contributed by atoms with Gasteiger partial charge in [-0.15, -0.1) is 12.4 Å². The lowest BCUT2D eigenvalue weighted by Gasteiger charge is -2.26. The molecule has 0 amide bonds. The minimum atomic E-state index is -0.339. The van der Waals surface area contributed by atoms with Crippen LogP contribution in [-0.2, 0) is 6.54 Å². The van der Waals surface area contributed by atoms with Crippen molar-refractivity contribution in [1.82, 2.24) is 10.2 Å². The predicted octanol–water partition coefficient (Wildman–Crippen LogP) is 3.24. The number of nitrogens with zero attached hydrogens (tertiary/aromatic N) is 2. The van der Waals surface area contributed by atoms with Crippen molar-refractivity contribution in [3.05, 3.63) is 38.9 Å². The van der Waals surface area contributed by atoms with E-state index in [2.05, 4.69) is 10.2 Å². The van der Waals surface area contributed by atoms with Gasteiger partial charge in [-0.1, -0.05) is 11.6 Å². The Labute approximate surface area is 136 Å². The van der Waals surface area contributed by atoms with Gasteiger partial charge in [0.05, 0.1) is 4.92 Å². The molecule has 1 unspecified atom stereocenters. The van der Waals surface area contributed by atoms with Gasteiger partial charge in [-0.2, -0.15) is 0 Å². The van der Waals surface area contributed by atoms with Gasteiger partial charge in [0.2, 0.25) is 0 Å². The third-order valence-corrected chi connectivity index (χ3v) is 4.06. The average Bonchev–Trinajstić information content (AvgIpc) is 2.67. The van der Waals surface area contributed by atoms with Crippen LogP contribution in [0.1, 0.15) is 24.8 Å². The first-order valence-electron chi connectivity index (χ1n) is 6.91. The zero-order chi connectivity index (χ0) is 14.5. The molecule has 118 valence electrons. The van der Waals surface area contributed by atoms with Crippen LogP contribution >= 0.6 is 24.0 Å². The number of nitrogens with one attached hydrogen (secondary N) is 1. The summed E-state index contributed by atoms with van der Waals surface area (Å²) in [5, 5.41) is 15.0. The molecule has 0 bridgehead atoms. The summed E-state index contributed by atoms with van der Waals surface area (Å²) in [6.07, 6.45) is 3.34. The smallest absolute Gasteiger partial charge is 0.273 e. The molecule has 21 heavy (non-hydrogen) atoms. The average molecular weight is 334 g/mol. The molecule has 5 nitrogen and oxygen atoms in total. The molecule has 2 rings (SSSR count). The maximum Gasteiger partial charge on any atom is 0.273 e. The Bertz CT molecular complexity index is 477. The highest BCUT2D eigenvalue weighted by molar-refractivity contribution is 6.30. The van der Waals surface area contributed by atoms with E-state index in [0.717, 1.165) is 32.4 Å². The van der Waals surface area contributed by atoms with E-state index in [1.165, 1.54) is 6.07 Å². The van der Waals surface area contributed by atoms with Gasteiger partial charge in [0.25, 0.3) is 5.69 Å². The fourth-order valence-electron chi connectivity index (χ4n) is 2.70. The number of nitro groups is 1. The third kappa shape index (κ3) is 5.11. The standard InChI is InChI=1S/C14H20ClN3O2.ClH/c1-17(13-3-2-7-16-8-6-13)10-11-9-12(15)4-5-14(11)18(19)20;/h4-5,9,13,16H,2-3,6-8,10H2,1H3;1H. The summed E-state index contributed by atoms with van der Waals surface area (Å²) in [6.45, 7) is 2.62. The fourth-order valence-corrected chi connectivity index (χ4v) is 2.89. The van der Waals surface area contributed by atoms with Crippen LogP contribution in [0, 0.1) is 10.1 Å². The van der Waals surface area contributed by atoms with E-state index in [4.69, 9.17) is 11.6 Å². The monoisotopic (exact) mass is 333 g/mol. The number of rotatable bonds is 4. The van der Waals surface area contributed by atoms with Crippen molar-refractivity contribution in [2.75, 3.05) is 20.1 Å². The van der Waals surface area contributed by atoms with Gasteiger partial charge in [-0.3, -0.25) is 15.0 Å². The van der Waals surface area contributed by atoms with Crippen LogP contribution in [0.15, 0.2) is 18.2 Å². The lowest BCUT2D eigenvalue weighted by Crippen LogP contribution is -2.32. The minimum absolute atomic E-state index is 0. The topological polar surface area (TPSA) is 58.4 Å². The van der Waals surface area contributed by atoms with E-state index < -0.39 is 0 Å². The Morgan fingerprint density at radius 3 is 2.90 bits per heavy atom. The molecule has 0 aliphatic carbocycles. The largest absolute Gasteiger partial charge is 0.317 e. The lowest BCUT2D eigenvalue weighted by molar-refractivity contribution is -0.385. The summed E-state index contributed by atoms with van der Waals surface area (Å²) >= 11 is 5.97. The molecule has 0 radical (unpaired) electrons. The highest BCUT2D eigenvalue weighted by atomic mass is 35.5. The first-order valence-corrected chi connectivity index (χ1v) is 7.29. The number of halogens is 2. The Morgan fingerprint density at radius 2 is 2.19 bits per heavy atom. The van der Waals surface area contributed by atoms with Gasteiger partial charge in [0.15, 0.2) is 0 Å². The summed E-state index contributed by atoms with van der Waals surface area (Å²) in [7, 11) is 2.03. The van der Waals surface area contributed by atoms with Crippen molar-refractivity contribution in [2.24, 2.45) is 0 Å². The van der Waals surface area contributed by atoms with Crippen molar-refractivity contribution in [2.45, 2.75) is 31.8 Å². The number of hydrogen-bond acceptors (Lipinski definition) is 4. The molecule has 1 atom stereocenters. The second kappa shape index (κ2) is 8.54. The third-order valence-electron chi connectivity index (χ3n) is 3.83. The van der Waals surface area contributed by atoms with Gasteiger partial charge in [-0.25, -0.2) is 0 Å². The quantitative estimate of drug-likeness (QED) is 0.678. The Hall–Kier alpha value is -0.880. The van der Waals surface area contributed by atoms with Crippen LogP contribution in [0.5, 0.6) is 0 Å². The van der Waals surface area contributed by atoms with Gasteiger partial charge >= 0.3 is 0 Å². The van der Waals surface area contributed by atoms with E-state index in [1.54, 1.807) is 12.1 Å². The summed E-state index contributed by atoms with van der Waals surface area (Å²) < 4.78 is 0. The Kier molecular flexibility index (Phi) is 7.39. The molecule has 1 heterocycles. The van der Waals surface area contributed by atoms with Crippen LogP contribution in [0.25, 0.3) is 0 Å². The van der Waals surface area contributed by atoms with Gasteiger partial charge in [0, 0.05) is 29.2 Å². The molecule has 1 aliphatic heterocycles. The van der Waals surface area contributed by atoms with E-state index >= 15 is 0 Å². The van der Waals surface area contributed by atoms with Crippen LogP contribution in [0.2, 0.25) is 5.02 Å². The summed E-state index contributed by atoms with van der Waals surface area (Å²) in [5.74, 6) is 0. The van der Waals surface area contributed by atoms with Gasteiger partial charge < -0.3 is 5.32 Å². The predicted molar refractivity (Wildman–Crippen MR) is 87.3 cm³/mol. The van der Waals surface area contributed by atoms with E-state index in [9.17, 15) is 10.1 Å². The molecule has 0 spiro atoms. The van der Waals surface area contributed by atoms with Crippen molar-refractivity contribution in [1.29, 1.82) is 0 Å². The molecule has 0 aromatic heterocycles. The van der Waals surface area contributed by atoms with E-state index in [0.29, 0.717) is 23.2 Å². The zero-order valence-electron chi connectivity index (χ0n) is 12.0. The lowest BCUT2D eigenvalue weighted by atomic mass is 10.1. The second-order valence-electron chi connectivity index (χ2n) is 5.28. The van der Waals surface area contributed by atoms with Gasteiger partial charge in [0.1, 0.15) is 0 Å². The molecule has 1 N–H and O–H groups in total. The highest BCUT2D eigenvalue weighted by Crippen LogP contribution is 2.25. The van der Waals surface area contributed by atoms with Crippen molar-refractivity contribution in [3.8, 4) is 0 Å². The van der Waals surface area contributed by atoms with E-state index in [-0.39, 0.29) is 23.0 Å². The summed E-state index contributed by atoms with van der Waals surface area (Å²) in [5.41, 5.74) is 0.829. The molecule has 1 aliphatic rings. The van der Waals surface area contributed by atoms with Gasteiger partial charge in [-0.05, 0) is 51.5 Å². The maximum absolute atomic E-state index is 11.1. The molecule has 7 heteroatoms. The Balaban J connectivity index is 0.00000220. The van der Waals surface area contributed by atoms with Crippen molar-refractivity contribution >= 4 is 29.7 Å². The highest BCUT2D eigenvalue weighted by Gasteiger charge is 2.21. The summed E-state index contributed by atoms with van der Waals surface area (Å²) in [6, 6.07) is 5.22.